The molecule has 2 N–H and O–H groups in total. The van der Waals surface area contributed by atoms with E-state index < -0.39 is 0 Å². The molecular weight excluding hydrogens is 321 g/mol. The fourth-order valence-corrected chi connectivity index (χ4v) is 2.35. The van der Waals surface area contributed by atoms with Gasteiger partial charge in [0.25, 0.3) is 0 Å². The van der Waals surface area contributed by atoms with Crippen molar-refractivity contribution in [3.63, 3.8) is 0 Å². The van der Waals surface area contributed by atoms with Crippen LogP contribution in [0.4, 0.5) is 0 Å². The molecule has 0 saturated carbocycles. The standard InChI is InChI=1S/C14H10Cl3NS/c15-10-3-1-2-9(6-10)14(19)13(18)8-4-5-11(16)12(17)7-8/h1-7,19H,18H2/b14-13-. The Morgan fingerprint density at radius 2 is 1.63 bits per heavy atom. The lowest BCUT2D eigenvalue weighted by Crippen LogP contribution is -1.99. The quantitative estimate of drug-likeness (QED) is 0.562. The van der Waals surface area contributed by atoms with Gasteiger partial charge in [-0.2, -0.15) is 0 Å². The minimum absolute atomic E-state index is 0.453. The molecule has 0 aliphatic heterocycles. The average molecular weight is 331 g/mol. The highest BCUT2D eigenvalue weighted by Gasteiger charge is 2.07. The van der Waals surface area contributed by atoms with E-state index in [2.05, 4.69) is 12.6 Å². The van der Waals surface area contributed by atoms with Gasteiger partial charge in [0.2, 0.25) is 0 Å². The molecule has 98 valence electrons. The van der Waals surface area contributed by atoms with Gasteiger partial charge in [0, 0.05) is 15.5 Å². The summed E-state index contributed by atoms with van der Waals surface area (Å²) < 4.78 is 0. The lowest BCUT2D eigenvalue weighted by atomic mass is 10.1. The summed E-state index contributed by atoms with van der Waals surface area (Å²) in [5.41, 5.74) is 8.23. The van der Waals surface area contributed by atoms with Crippen LogP contribution >= 0.6 is 47.4 Å². The topological polar surface area (TPSA) is 26.0 Å². The first-order valence-electron chi connectivity index (χ1n) is 5.39. The minimum Gasteiger partial charge on any atom is -0.397 e. The maximum absolute atomic E-state index is 6.10. The number of nitrogens with two attached hydrogens (primary N) is 1. The van der Waals surface area contributed by atoms with E-state index in [-0.39, 0.29) is 0 Å². The normalized spacial score (nSPS) is 12.2. The van der Waals surface area contributed by atoms with Crippen molar-refractivity contribution in [2.75, 3.05) is 0 Å². The molecule has 1 nitrogen and oxygen atoms in total. The SMILES string of the molecule is N/C(=C(\S)c1cccc(Cl)c1)c1ccc(Cl)c(Cl)c1. The molecule has 0 fully saturated rings. The first-order valence-corrected chi connectivity index (χ1v) is 6.97. The monoisotopic (exact) mass is 329 g/mol. The summed E-state index contributed by atoms with van der Waals surface area (Å²) in [5, 5.41) is 1.57. The number of benzene rings is 2. The molecule has 0 radical (unpaired) electrons. The molecule has 0 aliphatic carbocycles. The zero-order valence-corrected chi connectivity index (χ0v) is 12.9. The van der Waals surface area contributed by atoms with Crippen molar-refractivity contribution in [3.05, 3.63) is 68.7 Å². The molecule has 0 amide bonds. The molecule has 2 aromatic rings. The Kier molecular flexibility index (Phi) is 4.69. The Labute approximate surface area is 132 Å². The Hall–Kier alpha value is -0.800. The highest BCUT2D eigenvalue weighted by Crippen LogP contribution is 2.30. The number of hydrogen-bond donors (Lipinski definition) is 2. The number of rotatable bonds is 2. The van der Waals surface area contributed by atoms with Crippen LogP contribution in [0.5, 0.6) is 0 Å². The molecule has 19 heavy (non-hydrogen) atoms. The zero-order chi connectivity index (χ0) is 14.0. The van der Waals surface area contributed by atoms with Gasteiger partial charge in [0.05, 0.1) is 15.7 Å². The van der Waals surface area contributed by atoms with Gasteiger partial charge < -0.3 is 5.73 Å². The van der Waals surface area contributed by atoms with Gasteiger partial charge in [-0.15, -0.1) is 12.6 Å². The van der Waals surface area contributed by atoms with E-state index in [0.29, 0.717) is 25.7 Å². The van der Waals surface area contributed by atoms with Crippen LogP contribution in [0.2, 0.25) is 15.1 Å². The lowest BCUT2D eigenvalue weighted by Gasteiger charge is -2.09. The third-order valence-corrected chi connectivity index (χ3v) is 4.06. The Morgan fingerprint density at radius 1 is 0.895 bits per heavy atom. The summed E-state index contributed by atoms with van der Waals surface area (Å²) >= 11 is 22.3. The smallest absolute Gasteiger partial charge is 0.0599 e. The van der Waals surface area contributed by atoms with Crippen LogP contribution in [0, 0.1) is 0 Å². The van der Waals surface area contributed by atoms with E-state index in [4.69, 9.17) is 40.5 Å². The summed E-state index contributed by atoms with van der Waals surface area (Å²) in [4.78, 5) is 0.640. The van der Waals surface area contributed by atoms with Crippen molar-refractivity contribution >= 4 is 58.0 Å². The van der Waals surface area contributed by atoms with Crippen molar-refractivity contribution in [1.29, 1.82) is 0 Å². The second-order valence-corrected chi connectivity index (χ2v) is 5.60. The molecular formula is C14H10Cl3NS. The minimum atomic E-state index is 0.453. The molecule has 2 aromatic carbocycles. The number of thiol groups is 1. The Bertz CT molecular complexity index is 653. The molecule has 5 heteroatoms. The third-order valence-electron chi connectivity index (χ3n) is 2.58. The highest BCUT2D eigenvalue weighted by atomic mass is 35.5. The summed E-state index contributed by atoms with van der Waals surface area (Å²) in [6.07, 6.45) is 0. The number of halogens is 3. The third kappa shape index (κ3) is 3.40. The average Bonchev–Trinajstić information content (AvgIpc) is 2.40. The van der Waals surface area contributed by atoms with Crippen molar-refractivity contribution in [1.82, 2.24) is 0 Å². The van der Waals surface area contributed by atoms with E-state index in [1.807, 2.05) is 12.1 Å². The van der Waals surface area contributed by atoms with Crippen LogP contribution < -0.4 is 5.73 Å². The van der Waals surface area contributed by atoms with Crippen molar-refractivity contribution < 1.29 is 0 Å². The highest BCUT2D eigenvalue weighted by molar-refractivity contribution is 7.90. The second-order valence-electron chi connectivity index (χ2n) is 3.90. The van der Waals surface area contributed by atoms with E-state index in [1.165, 1.54) is 0 Å². The van der Waals surface area contributed by atoms with Crippen LogP contribution in [0.3, 0.4) is 0 Å². The maximum Gasteiger partial charge on any atom is 0.0599 e. The predicted molar refractivity (Wildman–Crippen MR) is 87.9 cm³/mol. The Morgan fingerprint density at radius 3 is 2.26 bits per heavy atom. The summed E-state index contributed by atoms with van der Waals surface area (Å²) in [5.74, 6) is 0. The first kappa shape index (κ1) is 14.6. The van der Waals surface area contributed by atoms with Gasteiger partial charge in [-0.05, 0) is 29.8 Å². The summed E-state index contributed by atoms with van der Waals surface area (Å²) in [6, 6.07) is 12.5. The molecule has 0 atom stereocenters. The molecule has 0 aliphatic rings. The van der Waals surface area contributed by atoms with Gasteiger partial charge in [0.1, 0.15) is 0 Å². The van der Waals surface area contributed by atoms with Gasteiger partial charge in [-0.3, -0.25) is 0 Å². The molecule has 0 unspecified atom stereocenters. The van der Waals surface area contributed by atoms with Crippen molar-refractivity contribution in [3.8, 4) is 0 Å². The van der Waals surface area contributed by atoms with Crippen LogP contribution in [0.25, 0.3) is 10.6 Å². The lowest BCUT2D eigenvalue weighted by molar-refractivity contribution is 1.52. The van der Waals surface area contributed by atoms with E-state index in [9.17, 15) is 0 Å². The van der Waals surface area contributed by atoms with Crippen LogP contribution in [-0.2, 0) is 0 Å². The van der Waals surface area contributed by atoms with Gasteiger partial charge in [-0.25, -0.2) is 0 Å². The molecule has 2 rings (SSSR count). The molecule has 0 spiro atoms. The van der Waals surface area contributed by atoms with E-state index in [1.54, 1.807) is 30.3 Å². The fourth-order valence-electron chi connectivity index (χ4n) is 1.59. The fraction of sp³-hybridized carbons (Fsp3) is 0. The summed E-state index contributed by atoms with van der Waals surface area (Å²) in [6.45, 7) is 0. The largest absolute Gasteiger partial charge is 0.397 e. The van der Waals surface area contributed by atoms with E-state index >= 15 is 0 Å². The first-order chi connectivity index (χ1) is 8.99. The molecule has 0 aromatic heterocycles. The van der Waals surface area contributed by atoms with Gasteiger partial charge >= 0.3 is 0 Å². The van der Waals surface area contributed by atoms with Crippen molar-refractivity contribution in [2.45, 2.75) is 0 Å². The zero-order valence-electron chi connectivity index (χ0n) is 9.70. The van der Waals surface area contributed by atoms with Crippen LogP contribution in [0.1, 0.15) is 11.1 Å². The summed E-state index contributed by atoms with van der Waals surface area (Å²) in [7, 11) is 0. The maximum atomic E-state index is 6.10. The van der Waals surface area contributed by atoms with Crippen molar-refractivity contribution in [2.24, 2.45) is 5.73 Å². The van der Waals surface area contributed by atoms with Gasteiger partial charge in [-0.1, -0.05) is 53.0 Å². The number of hydrogen-bond acceptors (Lipinski definition) is 2. The van der Waals surface area contributed by atoms with Gasteiger partial charge in [0.15, 0.2) is 0 Å². The van der Waals surface area contributed by atoms with Crippen LogP contribution in [0.15, 0.2) is 42.5 Å². The van der Waals surface area contributed by atoms with E-state index in [0.717, 1.165) is 11.1 Å². The second kappa shape index (κ2) is 6.10. The van der Waals surface area contributed by atoms with Crippen LogP contribution in [-0.4, -0.2) is 0 Å². The Balaban J connectivity index is 2.48. The molecule has 0 heterocycles. The molecule has 0 saturated heterocycles. The predicted octanol–water partition coefficient (Wildman–Crippen LogP) is 5.36. The molecule has 0 bridgehead atoms.